The van der Waals surface area contributed by atoms with E-state index in [0.29, 0.717) is 10.0 Å². The highest BCUT2D eigenvalue weighted by molar-refractivity contribution is 7.17. The van der Waals surface area contributed by atoms with Gasteiger partial charge in [0, 0.05) is 12.6 Å². The van der Waals surface area contributed by atoms with Crippen LogP contribution in [0.3, 0.4) is 0 Å². The van der Waals surface area contributed by atoms with E-state index in [1.807, 2.05) is 24.3 Å². The molecule has 0 fully saturated rings. The molecule has 0 amide bonds. The van der Waals surface area contributed by atoms with E-state index in [1.54, 1.807) is 0 Å². The number of ether oxygens (including phenoxy) is 1. The average Bonchev–Trinajstić information content (AvgIpc) is 2.91. The van der Waals surface area contributed by atoms with Gasteiger partial charge in [-0.05, 0) is 18.1 Å². The molecule has 1 heterocycles. The highest BCUT2D eigenvalue weighted by Crippen LogP contribution is 2.28. The first-order chi connectivity index (χ1) is 10.1. The number of thiazole rings is 1. The zero-order valence-electron chi connectivity index (χ0n) is 12.1. The molecule has 0 unspecified atom stereocenters. The summed E-state index contributed by atoms with van der Waals surface area (Å²) in [5.41, 5.74) is 2.11. The molecule has 0 saturated heterocycles. The van der Waals surface area contributed by atoms with E-state index < -0.39 is 5.97 Å². The quantitative estimate of drug-likeness (QED) is 0.677. The van der Waals surface area contributed by atoms with Gasteiger partial charge in [-0.2, -0.15) is 0 Å². The number of carbonyl (C=O) groups is 2. The van der Waals surface area contributed by atoms with Crippen LogP contribution in [0.15, 0.2) is 24.3 Å². The van der Waals surface area contributed by atoms with Gasteiger partial charge in [-0.25, -0.2) is 9.78 Å². The van der Waals surface area contributed by atoms with Gasteiger partial charge in [-0.15, -0.1) is 0 Å². The maximum atomic E-state index is 11.7. The number of esters is 1. The molecule has 0 spiro atoms. The Hall–Kier alpha value is -2.21. The van der Waals surface area contributed by atoms with Gasteiger partial charge in [0.2, 0.25) is 0 Å². The average molecular weight is 304 g/mol. The van der Waals surface area contributed by atoms with Crippen molar-refractivity contribution in [1.82, 2.24) is 4.98 Å². The zero-order chi connectivity index (χ0) is 15.4. The van der Waals surface area contributed by atoms with Crippen LogP contribution in [0.5, 0.6) is 0 Å². The van der Waals surface area contributed by atoms with Crippen molar-refractivity contribution in [3.8, 4) is 0 Å². The maximum Gasteiger partial charge on any atom is 0.358 e. The Morgan fingerprint density at radius 1 is 1.33 bits per heavy atom. The number of hydrogen-bond donors (Lipinski definition) is 1. The minimum absolute atomic E-state index is 0.0616. The molecule has 2 aromatic rings. The van der Waals surface area contributed by atoms with Gasteiger partial charge in [-0.3, -0.25) is 4.79 Å². The molecule has 6 heteroatoms. The zero-order valence-corrected chi connectivity index (χ0v) is 12.9. The Balaban J connectivity index is 2.37. The SMILES string of the molecule is CCc1ccccc1Nc1nc(C(=O)OC)c(C(C)=O)s1. The molecule has 21 heavy (non-hydrogen) atoms. The number of Topliss-reactive ketones (excluding diaryl/α,β-unsaturated/α-hetero) is 1. The van der Waals surface area contributed by atoms with E-state index in [2.05, 4.69) is 22.0 Å². The molecular weight excluding hydrogens is 288 g/mol. The minimum Gasteiger partial charge on any atom is -0.464 e. The van der Waals surface area contributed by atoms with Gasteiger partial charge in [-0.1, -0.05) is 36.5 Å². The lowest BCUT2D eigenvalue weighted by Crippen LogP contribution is -2.07. The predicted octanol–water partition coefficient (Wildman–Crippen LogP) is 3.44. The molecule has 0 saturated carbocycles. The molecule has 110 valence electrons. The van der Waals surface area contributed by atoms with Crippen LogP contribution in [0.4, 0.5) is 10.8 Å². The summed E-state index contributed by atoms with van der Waals surface area (Å²) in [6, 6.07) is 7.84. The molecule has 0 bridgehead atoms. The summed E-state index contributed by atoms with van der Waals surface area (Å²) in [6.45, 7) is 3.47. The number of nitrogens with one attached hydrogen (secondary N) is 1. The van der Waals surface area contributed by atoms with E-state index in [-0.39, 0.29) is 11.5 Å². The predicted molar refractivity (Wildman–Crippen MR) is 82.6 cm³/mol. The monoisotopic (exact) mass is 304 g/mol. The summed E-state index contributed by atoms with van der Waals surface area (Å²) >= 11 is 1.15. The van der Waals surface area contributed by atoms with Crippen molar-refractivity contribution in [1.29, 1.82) is 0 Å². The smallest absolute Gasteiger partial charge is 0.358 e. The van der Waals surface area contributed by atoms with Gasteiger partial charge in [0.25, 0.3) is 0 Å². The number of rotatable bonds is 5. The van der Waals surface area contributed by atoms with Gasteiger partial charge in [0.05, 0.1) is 7.11 Å². The van der Waals surface area contributed by atoms with Gasteiger partial charge < -0.3 is 10.1 Å². The first kappa shape index (κ1) is 15.2. The van der Waals surface area contributed by atoms with Crippen LogP contribution >= 0.6 is 11.3 Å². The second kappa shape index (κ2) is 6.49. The molecule has 0 atom stereocenters. The van der Waals surface area contributed by atoms with Crippen LogP contribution in [-0.4, -0.2) is 23.8 Å². The van der Waals surface area contributed by atoms with Gasteiger partial charge in [0.15, 0.2) is 16.6 Å². The van der Waals surface area contributed by atoms with Crippen molar-refractivity contribution in [3.05, 3.63) is 40.4 Å². The second-order valence-corrected chi connectivity index (χ2v) is 5.38. The van der Waals surface area contributed by atoms with Crippen molar-refractivity contribution in [3.63, 3.8) is 0 Å². The summed E-state index contributed by atoms with van der Waals surface area (Å²) in [7, 11) is 1.27. The number of nitrogens with zero attached hydrogens (tertiary/aromatic N) is 1. The Bertz CT molecular complexity index is 679. The number of benzene rings is 1. The van der Waals surface area contributed by atoms with E-state index in [1.165, 1.54) is 14.0 Å². The molecular formula is C15H16N2O3S. The Kier molecular flexibility index (Phi) is 4.70. The van der Waals surface area contributed by atoms with Crippen molar-refractivity contribution < 1.29 is 14.3 Å². The van der Waals surface area contributed by atoms with Crippen LogP contribution in [0, 0.1) is 0 Å². The van der Waals surface area contributed by atoms with E-state index in [0.717, 1.165) is 29.0 Å². The highest BCUT2D eigenvalue weighted by atomic mass is 32.1. The topological polar surface area (TPSA) is 68.3 Å². The Morgan fingerprint density at radius 3 is 2.67 bits per heavy atom. The van der Waals surface area contributed by atoms with Crippen molar-refractivity contribution >= 4 is 33.9 Å². The number of aryl methyl sites for hydroxylation is 1. The number of hydrogen-bond acceptors (Lipinski definition) is 6. The summed E-state index contributed by atoms with van der Waals surface area (Å²) in [6.07, 6.45) is 0.873. The third-order valence-electron chi connectivity index (χ3n) is 2.97. The fraction of sp³-hybridized carbons (Fsp3) is 0.267. The van der Waals surface area contributed by atoms with Crippen LogP contribution in [0.1, 0.15) is 39.6 Å². The molecule has 1 N–H and O–H groups in total. The van der Waals surface area contributed by atoms with Gasteiger partial charge >= 0.3 is 5.97 Å². The lowest BCUT2D eigenvalue weighted by atomic mass is 10.1. The van der Waals surface area contributed by atoms with Crippen LogP contribution < -0.4 is 5.32 Å². The van der Waals surface area contributed by atoms with E-state index in [4.69, 9.17) is 0 Å². The molecule has 0 aliphatic carbocycles. The number of carbonyl (C=O) groups excluding carboxylic acids is 2. The minimum atomic E-state index is -0.603. The third-order valence-corrected chi connectivity index (χ3v) is 4.04. The van der Waals surface area contributed by atoms with E-state index in [9.17, 15) is 9.59 Å². The van der Waals surface area contributed by atoms with Crippen LogP contribution in [0.25, 0.3) is 0 Å². The lowest BCUT2D eigenvalue weighted by Gasteiger charge is -2.07. The summed E-state index contributed by atoms with van der Waals surface area (Å²) in [5.74, 6) is -0.807. The van der Waals surface area contributed by atoms with Gasteiger partial charge in [0.1, 0.15) is 4.88 Å². The lowest BCUT2D eigenvalue weighted by molar-refractivity contribution is 0.0591. The second-order valence-electron chi connectivity index (χ2n) is 4.38. The standard InChI is InChI=1S/C15H16N2O3S/c1-4-10-7-5-6-8-11(10)16-15-17-12(14(19)20-3)13(21-15)9(2)18/h5-8H,4H2,1-3H3,(H,16,17). The van der Waals surface area contributed by atoms with Crippen LogP contribution in [-0.2, 0) is 11.2 Å². The summed E-state index contributed by atoms with van der Waals surface area (Å²) < 4.78 is 4.66. The highest BCUT2D eigenvalue weighted by Gasteiger charge is 2.22. The number of aromatic nitrogens is 1. The van der Waals surface area contributed by atoms with Crippen molar-refractivity contribution in [2.75, 3.05) is 12.4 Å². The fourth-order valence-corrected chi connectivity index (χ4v) is 2.77. The molecule has 5 nitrogen and oxygen atoms in total. The first-order valence-electron chi connectivity index (χ1n) is 6.51. The summed E-state index contributed by atoms with van der Waals surface area (Å²) in [5, 5.41) is 3.67. The molecule has 0 aliphatic heterocycles. The number of ketones is 1. The number of para-hydroxylation sites is 1. The molecule has 0 radical (unpaired) electrons. The van der Waals surface area contributed by atoms with Crippen molar-refractivity contribution in [2.24, 2.45) is 0 Å². The molecule has 0 aliphatic rings. The fourth-order valence-electron chi connectivity index (χ4n) is 1.91. The molecule has 1 aromatic heterocycles. The normalized spacial score (nSPS) is 10.2. The number of methoxy groups -OCH3 is 1. The largest absolute Gasteiger partial charge is 0.464 e. The Labute approximate surface area is 127 Å². The first-order valence-corrected chi connectivity index (χ1v) is 7.33. The van der Waals surface area contributed by atoms with Crippen molar-refractivity contribution in [2.45, 2.75) is 20.3 Å². The summed E-state index contributed by atoms with van der Waals surface area (Å²) in [4.78, 5) is 27.8. The Morgan fingerprint density at radius 2 is 2.05 bits per heavy atom. The number of anilines is 2. The van der Waals surface area contributed by atoms with Crippen LogP contribution in [0.2, 0.25) is 0 Å². The third kappa shape index (κ3) is 3.28. The molecule has 2 rings (SSSR count). The molecule has 1 aromatic carbocycles. The maximum absolute atomic E-state index is 11.7. The van der Waals surface area contributed by atoms with E-state index >= 15 is 0 Å².